The van der Waals surface area contributed by atoms with Crippen LogP contribution in [0.1, 0.15) is 23.6 Å². The van der Waals surface area contributed by atoms with E-state index in [1.165, 1.54) is 11.8 Å². The van der Waals surface area contributed by atoms with E-state index in [0.29, 0.717) is 33.8 Å². The number of nitrogens with one attached hydrogen (secondary N) is 1. The standard InChI is InChI=1S/C27H27Cl3N2O2S/c1-2-31-27(34)25(14-19-6-4-3-5-7-19)32(16-21-10-13-23(29)15-24(21)30)26(33)18-35-17-20-8-11-22(28)12-9-20/h3-13,15,25H,2,14,16-18H2,1H3,(H,31,34)/t25-/m1/s1. The topological polar surface area (TPSA) is 49.4 Å². The Balaban J connectivity index is 1.85. The molecule has 0 aliphatic carbocycles. The molecule has 0 radical (unpaired) electrons. The summed E-state index contributed by atoms with van der Waals surface area (Å²) in [5.41, 5.74) is 2.77. The van der Waals surface area contributed by atoms with Gasteiger partial charge < -0.3 is 10.2 Å². The maximum Gasteiger partial charge on any atom is 0.243 e. The molecule has 35 heavy (non-hydrogen) atoms. The number of halogens is 3. The van der Waals surface area contributed by atoms with Crippen LogP contribution in [-0.2, 0) is 28.3 Å². The van der Waals surface area contributed by atoms with Crippen molar-refractivity contribution in [1.29, 1.82) is 0 Å². The van der Waals surface area contributed by atoms with E-state index in [1.807, 2.05) is 61.5 Å². The summed E-state index contributed by atoms with van der Waals surface area (Å²) in [4.78, 5) is 28.3. The number of carbonyl (C=O) groups excluding carboxylic acids is 2. The van der Waals surface area contributed by atoms with Crippen molar-refractivity contribution in [3.8, 4) is 0 Å². The second-order valence-corrected chi connectivity index (χ2v) is 10.2. The number of benzene rings is 3. The Morgan fingerprint density at radius 1 is 0.914 bits per heavy atom. The van der Waals surface area contributed by atoms with Crippen molar-refractivity contribution in [1.82, 2.24) is 10.2 Å². The van der Waals surface area contributed by atoms with E-state index in [1.54, 1.807) is 23.1 Å². The number of rotatable bonds is 11. The first-order chi connectivity index (χ1) is 16.9. The first-order valence-electron chi connectivity index (χ1n) is 11.2. The molecule has 3 aromatic carbocycles. The first-order valence-corrected chi connectivity index (χ1v) is 13.5. The zero-order valence-corrected chi connectivity index (χ0v) is 22.4. The van der Waals surface area contributed by atoms with E-state index in [2.05, 4.69) is 5.32 Å². The van der Waals surface area contributed by atoms with Gasteiger partial charge in [-0.3, -0.25) is 9.59 Å². The van der Waals surface area contributed by atoms with Crippen LogP contribution in [0.2, 0.25) is 15.1 Å². The number of carbonyl (C=O) groups is 2. The van der Waals surface area contributed by atoms with Gasteiger partial charge in [-0.25, -0.2) is 0 Å². The molecule has 0 aliphatic rings. The van der Waals surface area contributed by atoms with Crippen LogP contribution in [0.5, 0.6) is 0 Å². The molecule has 0 unspecified atom stereocenters. The molecule has 0 saturated heterocycles. The average Bonchev–Trinajstić information content (AvgIpc) is 2.84. The maximum absolute atomic E-state index is 13.5. The van der Waals surface area contributed by atoms with Crippen LogP contribution in [0.4, 0.5) is 0 Å². The highest BCUT2D eigenvalue weighted by Crippen LogP contribution is 2.25. The SMILES string of the molecule is CCNC(=O)[C@@H](Cc1ccccc1)N(Cc1ccc(Cl)cc1Cl)C(=O)CSCc1ccc(Cl)cc1. The lowest BCUT2D eigenvalue weighted by Gasteiger charge is -2.31. The lowest BCUT2D eigenvalue weighted by atomic mass is 10.0. The van der Waals surface area contributed by atoms with Crippen molar-refractivity contribution in [2.75, 3.05) is 12.3 Å². The summed E-state index contributed by atoms with van der Waals surface area (Å²) in [5.74, 6) is 0.543. The van der Waals surface area contributed by atoms with Gasteiger partial charge in [-0.05, 0) is 47.9 Å². The largest absolute Gasteiger partial charge is 0.355 e. The van der Waals surface area contributed by atoms with Gasteiger partial charge in [-0.2, -0.15) is 0 Å². The monoisotopic (exact) mass is 548 g/mol. The van der Waals surface area contributed by atoms with Crippen molar-refractivity contribution >= 4 is 58.4 Å². The Bertz CT molecular complexity index is 1130. The summed E-state index contributed by atoms with van der Waals surface area (Å²) in [6.07, 6.45) is 0.394. The number of hydrogen-bond donors (Lipinski definition) is 1. The minimum absolute atomic E-state index is 0.137. The van der Waals surface area contributed by atoms with Crippen LogP contribution in [0.3, 0.4) is 0 Å². The summed E-state index contributed by atoms with van der Waals surface area (Å²) >= 11 is 20.0. The van der Waals surface area contributed by atoms with Crippen molar-refractivity contribution in [2.45, 2.75) is 31.7 Å². The van der Waals surface area contributed by atoms with E-state index in [9.17, 15) is 9.59 Å². The Labute approximate surface area is 225 Å². The highest BCUT2D eigenvalue weighted by atomic mass is 35.5. The van der Waals surface area contributed by atoms with Gasteiger partial charge in [0.2, 0.25) is 11.8 Å². The van der Waals surface area contributed by atoms with Crippen LogP contribution in [-0.4, -0.2) is 35.1 Å². The molecule has 8 heteroatoms. The molecule has 0 saturated carbocycles. The minimum atomic E-state index is -0.687. The summed E-state index contributed by atoms with van der Waals surface area (Å²) in [5, 5.41) is 4.53. The van der Waals surface area contributed by atoms with Crippen LogP contribution < -0.4 is 5.32 Å². The fraction of sp³-hybridized carbons (Fsp3) is 0.259. The van der Waals surface area contributed by atoms with Crippen molar-refractivity contribution in [3.63, 3.8) is 0 Å². The van der Waals surface area contributed by atoms with E-state index >= 15 is 0 Å². The molecule has 0 heterocycles. The number of thioether (sulfide) groups is 1. The first kappa shape index (κ1) is 27.4. The molecule has 0 spiro atoms. The second kappa shape index (κ2) is 13.8. The molecule has 3 aromatic rings. The zero-order chi connectivity index (χ0) is 25.2. The van der Waals surface area contributed by atoms with Gasteiger partial charge in [0.25, 0.3) is 0 Å². The summed E-state index contributed by atoms with van der Waals surface area (Å²) < 4.78 is 0. The summed E-state index contributed by atoms with van der Waals surface area (Å²) in [6, 6.07) is 21.7. The number of hydrogen-bond acceptors (Lipinski definition) is 3. The van der Waals surface area contributed by atoms with Gasteiger partial charge in [0.1, 0.15) is 6.04 Å². The van der Waals surface area contributed by atoms with Crippen molar-refractivity contribution in [3.05, 3.63) is 105 Å². The molecular weight excluding hydrogens is 523 g/mol. The molecule has 1 N–H and O–H groups in total. The molecule has 0 fully saturated rings. The molecule has 0 aliphatic heterocycles. The van der Waals surface area contributed by atoms with Gasteiger partial charge >= 0.3 is 0 Å². The minimum Gasteiger partial charge on any atom is -0.355 e. The molecule has 0 bridgehead atoms. The van der Waals surface area contributed by atoms with Crippen LogP contribution >= 0.6 is 46.6 Å². The third-order valence-corrected chi connectivity index (χ3v) is 7.21. The number of likely N-dealkylation sites (N-methyl/N-ethyl adjacent to an activating group) is 1. The van der Waals surface area contributed by atoms with E-state index in [4.69, 9.17) is 34.8 Å². The maximum atomic E-state index is 13.5. The van der Waals surface area contributed by atoms with Crippen LogP contribution in [0, 0.1) is 0 Å². The van der Waals surface area contributed by atoms with Crippen molar-refractivity contribution in [2.24, 2.45) is 0 Å². The number of nitrogens with zero attached hydrogens (tertiary/aromatic N) is 1. The molecule has 184 valence electrons. The quantitative estimate of drug-likeness (QED) is 0.291. The van der Waals surface area contributed by atoms with Gasteiger partial charge in [0, 0.05) is 40.3 Å². The Kier molecular flexibility index (Phi) is 10.8. The Hall–Kier alpha value is -2.18. The smallest absolute Gasteiger partial charge is 0.243 e. The molecule has 3 rings (SSSR count). The molecule has 2 amide bonds. The third-order valence-electron chi connectivity index (χ3n) is 5.39. The Morgan fingerprint density at radius 3 is 2.26 bits per heavy atom. The van der Waals surface area contributed by atoms with E-state index < -0.39 is 6.04 Å². The highest BCUT2D eigenvalue weighted by molar-refractivity contribution is 7.99. The fourth-order valence-electron chi connectivity index (χ4n) is 3.60. The predicted molar refractivity (Wildman–Crippen MR) is 147 cm³/mol. The van der Waals surface area contributed by atoms with E-state index in [0.717, 1.165) is 16.7 Å². The fourth-order valence-corrected chi connectivity index (χ4v) is 5.06. The highest BCUT2D eigenvalue weighted by Gasteiger charge is 2.30. The summed E-state index contributed by atoms with van der Waals surface area (Å²) in [6.45, 7) is 2.53. The molecule has 1 atom stereocenters. The van der Waals surface area contributed by atoms with Gasteiger partial charge in [0.15, 0.2) is 0 Å². The average molecular weight is 550 g/mol. The lowest BCUT2D eigenvalue weighted by molar-refractivity contribution is -0.139. The second-order valence-electron chi connectivity index (χ2n) is 7.98. The molecule has 4 nitrogen and oxygen atoms in total. The predicted octanol–water partition coefficient (Wildman–Crippen LogP) is 6.66. The van der Waals surface area contributed by atoms with E-state index in [-0.39, 0.29) is 24.1 Å². The summed E-state index contributed by atoms with van der Waals surface area (Å²) in [7, 11) is 0. The van der Waals surface area contributed by atoms with Gasteiger partial charge in [-0.1, -0.05) is 83.3 Å². The van der Waals surface area contributed by atoms with Crippen molar-refractivity contribution < 1.29 is 9.59 Å². The Morgan fingerprint density at radius 2 is 1.60 bits per heavy atom. The van der Waals surface area contributed by atoms with Crippen LogP contribution in [0.25, 0.3) is 0 Å². The molecule has 0 aromatic heterocycles. The zero-order valence-electron chi connectivity index (χ0n) is 19.3. The molecular formula is C27H27Cl3N2O2S. The third kappa shape index (κ3) is 8.46. The number of amides is 2. The van der Waals surface area contributed by atoms with Crippen LogP contribution in [0.15, 0.2) is 72.8 Å². The normalized spacial score (nSPS) is 11.7. The lowest BCUT2D eigenvalue weighted by Crippen LogP contribution is -2.51. The van der Waals surface area contributed by atoms with Gasteiger partial charge in [0.05, 0.1) is 5.75 Å². The van der Waals surface area contributed by atoms with Gasteiger partial charge in [-0.15, -0.1) is 11.8 Å².